The predicted octanol–water partition coefficient (Wildman–Crippen LogP) is 2.72. The summed E-state index contributed by atoms with van der Waals surface area (Å²) in [5.74, 6) is 0.629. The molecule has 0 saturated carbocycles. The molecule has 0 radical (unpaired) electrons. The molecule has 0 fully saturated rings. The maximum Gasteiger partial charge on any atom is 0.262 e. The second kappa shape index (κ2) is 6.14. The van der Waals surface area contributed by atoms with E-state index in [0.29, 0.717) is 5.75 Å². The van der Waals surface area contributed by atoms with Crippen molar-refractivity contribution in [2.45, 2.75) is 26.0 Å². The molecule has 1 amide bonds. The number of fused-ring (bicyclic) bond motifs is 1. The van der Waals surface area contributed by atoms with Crippen LogP contribution in [0.5, 0.6) is 5.75 Å². The van der Waals surface area contributed by atoms with Crippen LogP contribution in [0.4, 0.5) is 0 Å². The van der Waals surface area contributed by atoms with Crippen LogP contribution in [0, 0.1) is 0 Å². The van der Waals surface area contributed by atoms with Crippen molar-refractivity contribution in [2.24, 2.45) is 5.73 Å². The molecule has 21 heavy (non-hydrogen) atoms. The van der Waals surface area contributed by atoms with E-state index >= 15 is 0 Å². The molecule has 2 rings (SSSR count). The number of carbonyl (C=O) groups excluding carboxylic acids is 1. The van der Waals surface area contributed by atoms with Crippen LogP contribution in [0.3, 0.4) is 0 Å². The van der Waals surface area contributed by atoms with Gasteiger partial charge in [-0.25, -0.2) is 0 Å². The number of ether oxygens (including phenoxy) is 1. The Bertz CT molecular complexity index is 650. The summed E-state index contributed by atoms with van der Waals surface area (Å²) in [6, 6.07) is 11.8. The van der Waals surface area contributed by atoms with E-state index in [-0.39, 0.29) is 11.9 Å². The predicted molar refractivity (Wildman–Crippen MR) is 85.3 cm³/mol. The van der Waals surface area contributed by atoms with Crippen molar-refractivity contribution in [2.75, 3.05) is 14.1 Å². The Morgan fingerprint density at radius 2 is 1.81 bits per heavy atom. The van der Waals surface area contributed by atoms with Crippen LogP contribution in [-0.2, 0) is 4.79 Å². The number of amides is 1. The summed E-state index contributed by atoms with van der Waals surface area (Å²) in [5.41, 5.74) is 6.95. The zero-order chi connectivity index (χ0) is 15.6. The zero-order valence-corrected chi connectivity index (χ0v) is 13.0. The molecular formula is C17H22N2O2. The van der Waals surface area contributed by atoms with Gasteiger partial charge in [0.1, 0.15) is 5.75 Å². The topological polar surface area (TPSA) is 55.6 Å². The van der Waals surface area contributed by atoms with Gasteiger partial charge in [0.05, 0.1) is 0 Å². The maximum absolute atomic E-state index is 12.0. The standard InChI is InChI=1S/C17H22N2O2/c1-11(18)14-10-9-13-7-5-6-8-15(13)16(14)21-12(2)17(20)19(3)4/h5-12H,18H2,1-4H3. The van der Waals surface area contributed by atoms with E-state index in [1.54, 1.807) is 21.0 Å². The van der Waals surface area contributed by atoms with Gasteiger partial charge in [0.2, 0.25) is 0 Å². The Hall–Kier alpha value is -2.07. The first kappa shape index (κ1) is 15.3. The van der Waals surface area contributed by atoms with E-state index in [0.717, 1.165) is 16.3 Å². The van der Waals surface area contributed by atoms with Crippen LogP contribution in [0.25, 0.3) is 10.8 Å². The van der Waals surface area contributed by atoms with E-state index in [4.69, 9.17) is 10.5 Å². The third-order valence-corrected chi connectivity index (χ3v) is 3.48. The van der Waals surface area contributed by atoms with Crippen molar-refractivity contribution in [3.05, 3.63) is 42.0 Å². The number of hydrogen-bond donors (Lipinski definition) is 1. The number of rotatable bonds is 4. The van der Waals surface area contributed by atoms with Crippen LogP contribution in [-0.4, -0.2) is 31.0 Å². The molecular weight excluding hydrogens is 264 g/mol. The fourth-order valence-electron chi connectivity index (χ4n) is 2.34. The molecule has 0 aliphatic heterocycles. The number of likely N-dealkylation sites (N-methyl/N-ethyl adjacent to an activating group) is 1. The average molecular weight is 286 g/mol. The summed E-state index contributed by atoms with van der Waals surface area (Å²) in [7, 11) is 3.44. The van der Waals surface area contributed by atoms with Gasteiger partial charge < -0.3 is 15.4 Å². The first-order valence-electron chi connectivity index (χ1n) is 7.07. The lowest BCUT2D eigenvalue weighted by Crippen LogP contribution is -2.35. The second-order valence-electron chi connectivity index (χ2n) is 5.49. The molecule has 0 heterocycles. The fraction of sp³-hybridized carbons (Fsp3) is 0.353. The number of nitrogens with zero attached hydrogens (tertiary/aromatic N) is 1. The van der Waals surface area contributed by atoms with Crippen LogP contribution in [0.2, 0.25) is 0 Å². The molecule has 0 aromatic heterocycles. The minimum atomic E-state index is -0.552. The van der Waals surface area contributed by atoms with Crippen molar-refractivity contribution in [3.8, 4) is 5.75 Å². The van der Waals surface area contributed by atoms with Crippen LogP contribution >= 0.6 is 0 Å². The Morgan fingerprint density at radius 1 is 1.14 bits per heavy atom. The Balaban J connectivity index is 2.49. The molecule has 4 heteroatoms. The van der Waals surface area contributed by atoms with Gasteiger partial charge in [0.25, 0.3) is 5.91 Å². The van der Waals surface area contributed by atoms with Gasteiger partial charge >= 0.3 is 0 Å². The highest BCUT2D eigenvalue weighted by molar-refractivity contribution is 5.90. The smallest absolute Gasteiger partial charge is 0.262 e. The van der Waals surface area contributed by atoms with Gasteiger partial charge in [0, 0.05) is 31.1 Å². The molecule has 0 saturated heterocycles. The van der Waals surface area contributed by atoms with Crippen molar-refractivity contribution >= 4 is 16.7 Å². The number of carbonyl (C=O) groups is 1. The van der Waals surface area contributed by atoms with Crippen molar-refractivity contribution < 1.29 is 9.53 Å². The van der Waals surface area contributed by atoms with Gasteiger partial charge in [-0.2, -0.15) is 0 Å². The summed E-state index contributed by atoms with van der Waals surface area (Å²) in [4.78, 5) is 13.6. The zero-order valence-electron chi connectivity index (χ0n) is 13.0. The Kier molecular flexibility index (Phi) is 4.48. The van der Waals surface area contributed by atoms with Gasteiger partial charge in [-0.05, 0) is 19.2 Å². The fourth-order valence-corrected chi connectivity index (χ4v) is 2.34. The van der Waals surface area contributed by atoms with Crippen molar-refractivity contribution in [1.29, 1.82) is 0 Å². The van der Waals surface area contributed by atoms with E-state index in [9.17, 15) is 4.79 Å². The lowest BCUT2D eigenvalue weighted by Gasteiger charge is -2.22. The highest BCUT2D eigenvalue weighted by atomic mass is 16.5. The van der Waals surface area contributed by atoms with E-state index in [1.807, 2.05) is 43.3 Å². The monoisotopic (exact) mass is 286 g/mol. The van der Waals surface area contributed by atoms with Crippen LogP contribution in [0.15, 0.2) is 36.4 Å². The molecule has 0 aliphatic carbocycles. The van der Waals surface area contributed by atoms with Gasteiger partial charge in [-0.1, -0.05) is 36.4 Å². The lowest BCUT2D eigenvalue weighted by molar-refractivity contribution is -0.135. The van der Waals surface area contributed by atoms with Gasteiger partial charge in [-0.15, -0.1) is 0 Å². The van der Waals surface area contributed by atoms with E-state index in [2.05, 4.69) is 0 Å². The summed E-state index contributed by atoms with van der Waals surface area (Å²) in [6.07, 6.45) is -0.552. The molecule has 2 atom stereocenters. The third kappa shape index (κ3) is 3.16. The van der Waals surface area contributed by atoms with Gasteiger partial charge in [-0.3, -0.25) is 4.79 Å². The van der Waals surface area contributed by atoms with Crippen molar-refractivity contribution in [1.82, 2.24) is 4.90 Å². The number of benzene rings is 2. The van der Waals surface area contributed by atoms with E-state index < -0.39 is 6.10 Å². The van der Waals surface area contributed by atoms with Crippen LogP contribution < -0.4 is 10.5 Å². The van der Waals surface area contributed by atoms with E-state index in [1.165, 1.54) is 4.90 Å². The molecule has 2 aromatic carbocycles. The first-order chi connectivity index (χ1) is 9.91. The average Bonchev–Trinajstić information content (AvgIpc) is 2.46. The highest BCUT2D eigenvalue weighted by Gasteiger charge is 2.20. The lowest BCUT2D eigenvalue weighted by atomic mass is 10.0. The minimum absolute atomic E-state index is 0.0708. The quantitative estimate of drug-likeness (QED) is 0.940. The molecule has 0 aliphatic rings. The Labute approximate surface area is 125 Å². The summed E-state index contributed by atoms with van der Waals surface area (Å²) in [5, 5.41) is 2.05. The molecule has 4 nitrogen and oxygen atoms in total. The molecule has 2 unspecified atom stereocenters. The minimum Gasteiger partial charge on any atom is -0.480 e. The SMILES string of the molecule is CC(Oc1c(C(C)N)ccc2ccccc12)C(=O)N(C)C. The van der Waals surface area contributed by atoms with Gasteiger partial charge in [0.15, 0.2) is 6.10 Å². The summed E-state index contributed by atoms with van der Waals surface area (Å²) in [6.45, 7) is 3.67. The number of hydrogen-bond acceptors (Lipinski definition) is 3. The molecule has 2 aromatic rings. The molecule has 0 spiro atoms. The van der Waals surface area contributed by atoms with Crippen molar-refractivity contribution in [3.63, 3.8) is 0 Å². The second-order valence-corrected chi connectivity index (χ2v) is 5.49. The largest absolute Gasteiger partial charge is 0.480 e. The normalized spacial score (nSPS) is 13.8. The first-order valence-corrected chi connectivity index (χ1v) is 7.07. The highest BCUT2D eigenvalue weighted by Crippen LogP contribution is 2.33. The number of nitrogens with two attached hydrogens (primary N) is 1. The third-order valence-electron chi connectivity index (χ3n) is 3.48. The summed E-state index contributed by atoms with van der Waals surface area (Å²) < 4.78 is 5.97. The van der Waals surface area contributed by atoms with Crippen LogP contribution in [0.1, 0.15) is 25.5 Å². The Morgan fingerprint density at radius 3 is 2.43 bits per heavy atom. The molecule has 0 bridgehead atoms. The summed E-state index contributed by atoms with van der Waals surface area (Å²) >= 11 is 0. The molecule has 2 N–H and O–H groups in total. The molecule has 112 valence electrons. The maximum atomic E-state index is 12.0.